The Morgan fingerprint density at radius 1 is 1.21 bits per heavy atom. The first-order valence-corrected chi connectivity index (χ1v) is 8.87. The SMILES string of the molecule is CCOc1ccc(C(C)C)cc1.N#Cc1ccc(NC(=O)CO)cc1C(F)(F)F. The van der Waals surface area contributed by atoms with E-state index in [0.717, 1.165) is 24.5 Å². The highest BCUT2D eigenvalue weighted by molar-refractivity contribution is 5.91. The van der Waals surface area contributed by atoms with Gasteiger partial charge >= 0.3 is 6.18 Å². The van der Waals surface area contributed by atoms with E-state index >= 15 is 0 Å². The summed E-state index contributed by atoms with van der Waals surface area (Å²) in [6, 6.07) is 12.5. The van der Waals surface area contributed by atoms with Gasteiger partial charge in [-0.15, -0.1) is 0 Å². The van der Waals surface area contributed by atoms with Crippen LogP contribution in [0.2, 0.25) is 0 Å². The lowest BCUT2D eigenvalue weighted by Crippen LogP contribution is -2.16. The van der Waals surface area contributed by atoms with Crippen LogP contribution in [0.25, 0.3) is 0 Å². The second-order valence-electron chi connectivity index (χ2n) is 6.23. The van der Waals surface area contributed by atoms with Crippen LogP contribution >= 0.6 is 0 Å². The third-order valence-electron chi connectivity index (χ3n) is 3.73. The van der Waals surface area contributed by atoms with Crippen LogP contribution in [0.4, 0.5) is 18.9 Å². The van der Waals surface area contributed by atoms with Crippen LogP contribution in [0, 0.1) is 11.3 Å². The molecule has 0 fully saturated rings. The summed E-state index contributed by atoms with van der Waals surface area (Å²) in [7, 11) is 0. The van der Waals surface area contributed by atoms with E-state index in [9.17, 15) is 18.0 Å². The quantitative estimate of drug-likeness (QED) is 0.750. The Kier molecular flexibility index (Phi) is 9.16. The minimum atomic E-state index is -4.68. The lowest BCUT2D eigenvalue weighted by molar-refractivity contribution is -0.137. The molecule has 0 saturated carbocycles. The highest BCUT2D eigenvalue weighted by atomic mass is 19.4. The van der Waals surface area contributed by atoms with E-state index in [2.05, 4.69) is 31.3 Å². The van der Waals surface area contributed by atoms with Crippen LogP contribution in [0.15, 0.2) is 42.5 Å². The molecule has 2 N–H and O–H groups in total. The molecule has 0 aliphatic heterocycles. The molecule has 29 heavy (non-hydrogen) atoms. The average Bonchev–Trinajstić information content (AvgIpc) is 2.68. The lowest BCUT2D eigenvalue weighted by Gasteiger charge is -2.11. The van der Waals surface area contributed by atoms with Crippen molar-refractivity contribution in [2.45, 2.75) is 32.9 Å². The van der Waals surface area contributed by atoms with Gasteiger partial charge in [0, 0.05) is 5.69 Å². The standard InChI is InChI=1S/C11H16O.C10H7F3N2O2/c1-4-12-11-7-5-10(6-8-11)9(2)3;11-10(12,13)8-3-7(15-9(17)5-16)2-1-6(8)4-14/h5-9H,4H2,1-3H3;1-3,16H,5H2,(H,15,17). The number of rotatable bonds is 5. The fraction of sp³-hybridized carbons (Fsp3) is 0.333. The fourth-order valence-electron chi connectivity index (χ4n) is 2.27. The molecule has 0 unspecified atom stereocenters. The van der Waals surface area contributed by atoms with Crippen molar-refractivity contribution in [2.75, 3.05) is 18.5 Å². The van der Waals surface area contributed by atoms with Crippen molar-refractivity contribution in [2.24, 2.45) is 0 Å². The first-order chi connectivity index (χ1) is 13.6. The molecular weight excluding hydrogens is 385 g/mol. The summed E-state index contributed by atoms with van der Waals surface area (Å²) in [6.45, 7) is 6.28. The number of nitrogens with zero attached hydrogens (tertiary/aromatic N) is 1. The van der Waals surface area contributed by atoms with E-state index in [1.165, 1.54) is 11.6 Å². The smallest absolute Gasteiger partial charge is 0.417 e. The van der Waals surface area contributed by atoms with E-state index in [1.54, 1.807) is 0 Å². The molecule has 1 amide bonds. The molecule has 0 aliphatic rings. The number of amides is 1. The largest absolute Gasteiger partial charge is 0.494 e. The van der Waals surface area contributed by atoms with Crippen molar-refractivity contribution in [3.8, 4) is 11.8 Å². The predicted octanol–water partition coefficient (Wildman–Crippen LogP) is 4.72. The molecule has 156 valence electrons. The van der Waals surface area contributed by atoms with Crippen LogP contribution in [-0.2, 0) is 11.0 Å². The monoisotopic (exact) mass is 408 g/mol. The fourth-order valence-corrected chi connectivity index (χ4v) is 2.27. The van der Waals surface area contributed by atoms with Gasteiger partial charge in [-0.2, -0.15) is 18.4 Å². The molecule has 2 rings (SSSR count). The molecule has 0 bridgehead atoms. The molecule has 2 aromatic carbocycles. The number of hydrogen-bond acceptors (Lipinski definition) is 4. The zero-order valence-electron chi connectivity index (χ0n) is 16.4. The Morgan fingerprint density at radius 2 is 1.83 bits per heavy atom. The third-order valence-corrected chi connectivity index (χ3v) is 3.73. The maximum absolute atomic E-state index is 12.5. The maximum Gasteiger partial charge on any atom is 0.417 e. The number of carbonyl (C=O) groups excluding carboxylic acids is 1. The summed E-state index contributed by atoms with van der Waals surface area (Å²) in [5.41, 5.74) is -0.427. The highest BCUT2D eigenvalue weighted by Gasteiger charge is 2.33. The number of anilines is 1. The van der Waals surface area contributed by atoms with Crippen molar-refractivity contribution in [1.29, 1.82) is 5.26 Å². The number of benzene rings is 2. The van der Waals surface area contributed by atoms with Gasteiger partial charge in [-0.05, 0) is 48.7 Å². The number of halogens is 3. The summed E-state index contributed by atoms with van der Waals surface area (Å²) in [5.74, 6) is 0.727. The van der Waals surface area contributed by atoms with Gasteiger partial charge in [-0.25, -0.2) is 0 Å². The van der Waals surface area contributed by atoms with Gasteiger partial charge < -0.3 is 15.2 Å². The van der Waals surface area contributed by atoms with E-state index in [1.807, 2.05) is 19.1 Å². The van der Waals surface area contributed by atoms with Gasteiger partial charge in [0.2, 0.25) is 5.91 Å². The molecule has 0 saturated heterocycles. The van der Waals surface area contributed by atoms with Crippen molar-refractivity contribution >= 4 is 11.6 Å². The molecule has 0 aliphatic carbocycles. The second kappa shape index (κ2) is 11.1. The number of aliphatic hydroxyl groups excluding tert-OH is 1. The molecule has 2 aromatic rings. The molecular formula is C21H23F3N2O3. The summed E-state index contributed by atoms with van der Waals surface area (Å²) in [6.07, 6.45) is -4.68. The Morgan fingerprint density at radius 3 is 2.28 bits per heavy atom. The molecule has 0 heterocycles. The number of aliphatic hydroxyl groups is 1. The average molecular weight is 408 g/mol. The Balaban J connectivity index is 0.000000308. The summed E-state index contributed by atoms with van der Waals surface area (Å²) in [4.78, 5) is 10.8. The molecule has 0 aromatic heterocycles. The first-order valence-electron chi connectivity index (χ1n) is 8.87. The van der Waals surface area contributed by atoms with Crippen LogP contribution in [0.5, 0.6) is 5.75 Å². The first kappa shape index (κ1) is 24.0. The lowest BCUT2D eigenvalue weighted by atomic mass is 10.0. The highest BCUT2D eigenvalue weighted by Crippen LogP contribution is 2.33. The van der Waals surface area contributed by atoms with Gasteiger partial charge in [0.1, 0.15) is 12.4 Å². The molecule has 0 spiro atoms. The number of carbonyl (C=O) groups is 1. The molecule has 0 atom stereocenters. The number of alkyl halides is 3. The van der Waals surface area contributed by atoms with Crippen molar-refractivity contribution < 1.29 is 27.8 Å². The number of nitrogens with one attached hydrogen (secondary N) is 1. The van der Waals surface area contributed by atoms with Crippen molar-refractivity contribution in [3.05, 3.63) is 59.2 Å². The Labute approximate surface area is 167 Å². The van der Waals surface area contributed by atoms with Crippen molar-refractivity contribution in [1.82, 2.24) is 0 Å². The number of hydrogen-bond donors (Lipinski definition) is 2. The topological polar surface area (TPSA) is 82.3 Å². The molecule has 8 heteroatoms. The van der Waals surface area contributed by atoms with Crippen LogP contribution in [0.3, 0.4) is 0 Å². The van der Waals surface area contributed by atoms with E-state index in [0.29, 0.717) is 12.0 Å². The summed E-state index contributed by atoms with van der Waals surface area (Å²) < 4.78 is 42.9. The van der Waals surface area contributed by atoms with E-state index in [-0.39, 0.29) is 5.69 Å². The second-order valence-corrected chi connectivity index (χ2v) is 6.23. The minimum Gasteiger partial charge on any atom is -0.494 e. The Bertz CT molecular complexity index is 842. The zero-order valence-corrected chi connectivity index (χ0v) is 16.4. The van der Waals surface area contributed by atoms with Gasteiger partial charge in [0.15, 0.2) is 0 Å². The van der Waals surface area contributed by atoms with Crippen LogP contribution < -0.4 is 10.1 Å². The maximum atomic E-state index is 12.5. The summed E-state index contributed by atoms with van der Waals surface area (Å²) >= 11 is 0. The van der Waals surface area contributed by atoms with Crippen molar-refractivity contribution in [3.63, 3.8) is 0 Å². The minimum absolute atomic E-state index is 0.129. The van der Waals surface area contributed by atoms with Gasteiger partial charge in [-0.1, -0.05) is 26.0 Å². The number of ether oxygens (including phenoxy) is 1. The summed E-state index contributed by atoms with van der Waals surface area (Å²) in [5, 5.41) is 19.0. The third kappa shape index (κ3) is 7.84. The Hall–Kier alpha value is -3.05. The van der Waals surface area contributed by atoms with Gasteiger partial charge in [0.25, 0.3) is 0 Å². The predicted molar refractivity (Wildman–Crippen MR) is 104 cm³/mol. The normalized spacial score (nSPS) is 10.6. The molecule has 5 nitrogen and oxygen atoms in total. The van der Waals surface area contributed by atoms with E-state index in [4.69, 9.17) is 15.1 Å². The van der Waals surface area contributed by atoms with Crippen LogP contribution in [0.1, 0.15) is 43.4 Å². The molecule has 0 radical (unpaired) electrons. The van der Waals surface area contributed by atoms with E-state index < -0.39 is 29.8 Å². The van der Waals surface area contributed by atoms with Gasteiger partial charge in [0.05, 0.1) is 23.8 Å². The van der Waals surface area contributed by atoms with Crippen LogP contribution in [-0.4, -0.2) is 24.2 Å². The van der Waals surface area contributed by atoms with Gasteiger partial charge in [-0.3, -0.25) is 4.79 Å². The number of nitriles is 1. The zero-order chi connectivity index (χ0) is 22.0.